The molecular formula is C12H14F3N3O. The topological polar surface area (TPSA) is 45.2 Å². The second kappa shape index (κ2) is 5.16. The molecule has 0 saturated carbocycles. The highest BCUT2D eigenvalue weighted by molar-refractivity contribution is 5.92. The number of piperazine rings is 1. The molecule has 2 heterocycles. The number of amides is 1. The molecule has 0 spiro atoms. The number of pyridine rings is 1. The number of carbonyl (C=O) groups is 1. The Bertz CT molecular complexity index is 458. The van der Waals surface area contributed by atoms with Crippen molar-refractivity contribution in [3.05, 3.63) is 29.6 Å². The first kappa shape index (κ1) is 13.8. The number of nitrogens with zero attached hydrogens (tertiary/aromatic N) is 2. The maximum absolute atomic E-state index is 12.4. The summed E-state index contributed by atoms with van der Waals surface area (Å²) in [6.45, 7) is 3.76. The fraction of sp³-hybridized carbons (Fsp3) is 0.500. The molecule has 0 bridgehead atoms. The summed E-state index contributed by atoms with van der Waals surface area (Å²) in [7, 11) is 0. The van der Waals surface area contributed by atoms with Crippen molar-refractivity contribution in [2.45, 2.75) is 19.1 Å². The van der Waals surface area contributed by atoms with Gasteiger partial charge in [-0.25, -0.2) is 0 Å². The van der Waals surface area contributed by atoms with Crippen molar-refractivity contribution in [2.75, 3.05) is 19.6 Å². The van der Waals surface area contributed by atoms with Gasteiger partial charge in [0.15, 0.2) is 0 Å². The summed E-state index contributed by atoms with van der Waals surface area (Å²) >= 11 is 0. The van der Waals surface area contributed by atoms with Crippen LogP contribution in [-0.4, -0.2) is 41.5 Å². The minimum atomic E-state index is -4.43. The van der Waals surface area contributed by atoms with E-state index < -0.39 is 11.7 Å². The average molecular weight is 273 g/mol. The summed E-state index contributed by atoms with van der Waals surface area (Å²) in [6, 6.07) is 2.01. The molecule has 1 N–H and O–H groups in total. The highest BCUT2D eigenvalue weighted by Crippen LogP contribution is 2.28. The number of nitrogens with one attached hydrogen (secondary N) is 1. The minimum Gasteiger partial charge on any atom is -0.332 e. The Balaban J connectivity index is 2.15. The number of aromatic nitrogens is 1. The molecule has 0 unspecified atom stereocenters. The Morgan fingerprint density at radius 2 is 2.21 bits per heavy atom. The molecule has 19 heavy (non-hydrogen) atoms. The maximum Gasteiger partial charge on any atom is 0.417 e. The number of hydrogen-bond acceptors (Lipinski definition) is 3. The molecule has 1 saturated heterocycles. The van der Waals surface area contributed by atoms with Crippen molar-refractivity contribution in [1.82, 2.24) is 15.2 Å². The van der Waals surface area contributed by atoms with Gasteiger partial charge < -0.3 is 10.2 Å². The summed E-state index contributed by atoms with van der Waals surface area (Å²) in [6.07, 6.45) is -3.74. The molecule has 1 aromatic rings. The molecular weight excluding hydrogens is 259 g/mol. The molecule has 1 fully saturated rings. The normalized spacial score (nSPS) is 20.4. The first-order valence-electron chi connectivity index (χ1n) is 5.94. The van der Waals surface area contributed by atoms with E-state index in [-0.39, 0.29) is 17.6 Å². The lowest BCUT2D eigenvalue weighted by atomic mass is 10.2. The van der Waals surface area contributed by atoms with Crippen LogP contribution in [0.4, 0.5) is 13.2 Å². The highest BCUT2D eigenvalue weighted by atomic mass is 19.4. The summed E-state index contributed by atoms with van der Waals surface area (Å²) in [5.74, 6) is -0.331. The zero-order chi connectivity index (χ0) is 14.0. The quantitative estimate of drug-likeness (QED) is 0.844. The summed E-state index contributed by atoms with van der Waals surface area (Å²) in [5, 5.41) is 3.14. The van der Waals surface area contributed by atoms with Crippen LogP contribution in [0.1, 0.15) is 23.0 Å². The Kier molecular flexibility index (Phi) is 3.75. The van der Waals surface area contributed by atoms with Gasteiger partial charge in [0.25, 0.3) is 5.91 Å². The van der Waals surface area contributed by atoms with E-state index in [1.54, 1.807) is 4.90 Å². The van der Waals surface area contributed by atoms with E-state index in [4.69, 9.17) is 0 Å². The first-order valence-corrected chi connectivity index (χ1v) is 5.94. The Morgan fingerprint density at radius 3 is 2.74 bits per heavy atom. The van der Waals surface area contributed by atoms with E-state index in [1.165, 1.54) is 0 Å². The van der Waals surface area contributed by atoms with Gasteiger partial charge in [0, 0.05) is 31.9 Å². The van der Waals surface area contributed by atoms with Gasteiger partial charge in [0.2, 0.25) is 0 Å². The lowest BCUT2D eigenvalue weighted by Gasteiger charge is -2.33. The summed E-state index contributed by atoms with van der Waals surface area (Å²) < 4.78 is 37.2. The van der Waals surface area contributed by atoms with Crippen molar-refractivity contribution < 1.29 is 18.0 Å². The third-order valence-corrected chi connectivity index (χ3v) is 3.07. The first-order chi connectivity index (χ1) is 8.89. The van der Waals surface area contributed by atoms with Gasteiger partial charge in [-0.1, -0.05) is 0 Å². The van der Waals surface area contributed by atoms with Crippen LogP contribution in [0.25, 0.3) is 0 Å². The Labute approximate surface area is 108 Å². The summed E-state index contributed by atoms with van der Waals surface area (Å²) in [4.78, 5) is 17.4. The Hall–Kier alpha value is -1.63. The standard InChI is InChI=1S/C12H14F3N3O/c1-8-6-16-4-5-18(8)11(19)10-3-2-9(7-17-10)12(13,14)15/h2-3,7-8,16H,4-6H2,1H3/t8-/m1/s1. The van der Waals surface area contributed by atoms with Crippen LogP contribution in [0.3, 0.4) is 0 Å². The van der Waals surface area contributed by atoms with Crippen LogP contribution >= 0.6 is 0 Å². The fourth-order valence-electron chi connectivity index (χ4n) is 1.98. The Morgan fingerprint density at radius 1 is 1.47 bits per heavy atom. The van der Waals surface area contributed by atoms with Crippen LogP contribution in [-0.2, 0) is 6.18 Å². The van der Waals surface area contributed by atoms with Gasteiger partial charge in [-0.3, -0.25) is 9.78 Å². The van der Waals surface area contributed by atoms with Crippen LogP contribution in [0.5, 0.6) is 0 Å². The molecule has 2 rings (SSSR count). The second-order valence-electron chi connectivity index (χ2n) is 4.48. The molecule has 1 aromatic heterocycles. The zero-order valence-electron chi connectivity index (χ0n) is 10.4. The molecule has 1 aliphatic heterocycles. The molecule has 104 valence electrons. The van der Waals surface area contributed by atoms with E-state index >= 15 is 0 Å². The van der Waals surface area contributed by atoms with Gasteiger partial charge in [-0.2, -0.15) is 13.2 Å². The third-order valence-electron chi connectivity index (χ3n) is 3.07. The third kappa shape index (κ3) is 3.04. The van der Waals surface area contributed by atoms with Crippen molar-refractivity contribution in [2.24, 2.45) is 0 Å². The van der Waals surface area contributed by atoms with Gasteiger partial charge in [-0.15, -0.1) is 0 Å². The van der Waals surface area contributed by atoms with Gasteiger partial charge in [0.05, 0.1) is 5.56 Å². The molecule has 1 amide bonds. The van der Waals surface area contributed by atoms with Gasteiger partial charge in [-0.05, 0) is 19.1 Å². The predicted octanol–water partition coefficient (Wildman–Crippen LogP) is 1.53. The maximum atomic E-state index is 12.4. The fourth-order valence-corrected chi connectivity index (χ4v) is 1.98. The molecule has 7 heteroatoms. The molecule has 1 atom stereocenters. The van der Waals surface area contributed by atoms with Crippen LogP contribution in [0, 0.1) is 0 Å². The van der Waals surface area contributed by atoms with Crippen molar-refractivity contribution in [3.63, 3.8) is 0 Å². The van der Waals surface area contributed by atoms with E-state index in [9.17, 15) is 18.0 Å². The van der Waals surface area contributed by atoms with Crippen LogP contribution in [0.2, 0.25) is 0 Å². The molecule has 0 aromatic carbocycles. The monoisotopic (exact) mass is 273 g/mol. The number of rotatable bonds is 1. The average Bonchev–Trinajstić information content (AvgIpc) is 2.38. The van der Waals surface area contributed by atoms with E-state index in [1.807, 2.05) is 6.92 Å². The van der Waals surface area contributed by atoms with Crippen LogP contribution < -0.4 is 5.32 Å². The largest absolute Gasteiger partial charge is 0.417 e. The van der Waals surface area contributed by atoms with Gasteiger partial charge >= 0.3 is 6.18 Å². The van der Waals surface area contributed by atoms with Crippen molar-refractivity contribution >= 4 is 5.91 Å². The number of hydrogen-bond donors (Lipinski definition) is 1. The van der Waals surface area contributed by atoms with Crippen molar-refractivity contribution in [1.29, 1.82) is 0 Å². The van der Waals surface area contributed by atoms with Crippen molar-refractivity contribution in [3.8, 4) is 0 Å². The molecule has 4 nitrogen and oxygen atoms in total. The number of alkyl halides is 3. The lowest BCUT2D eigenvalue weighted by molar-refractivity contribution is -0.137. The second-order valence-corrected chi connectivity index (χ2v) is 4.48. The number of carbonyl (C=O) groups excluding carboxylic acids is 1. The number of halogens is 3. The van der Waals surface area contributed by atoms with Crippen LogP contribution in [0.15, 0.2) is 18.3 Å². The van der Waals surface area contributed by atoms with Gasteiger partial charge in [0.1, 0.15) is 5.69 Å². The molecule has 1 aliphatic rings. The summed E-state index contributed by atoms with van der Waals surface area (Å²) in [5.41, 5.74) is -0.806. The minimum absolute atomic E-state index is 0.00495. The predicted molar refractivity (Wildman–Crippen MR) is 62.6 cm³/mol. The van der Waals surface area contributed by atoms with E-state index in [2.05, 4.69) is 10.3 Å². The zero-order valence-corrected chi connectivity index (χ0v) is 10.4. The molecule has 0 radical (unpaired) electrons. The van der Waals surface area contributed by atoms with E-state index in [0.29, 0.717) is 25.8 Å². The smallest absolute Gasteiger partial charge is 0.332 e. The highest BCUT2D eigenvalue weighted by Gasteiger charge is 2.31. The SMILES string of the molecule is C[C@@H]1CNCCN1C(=O)c1ccc(C(F)(F)F)cn1. The van der Waals surface area contributed by atoms with E-state index in [0.717, 1.165) is 12.1 Å². The molecule has 0 aliphatic carbocycles. The lowest BCUT2D eigenvalue weighted by Crippen LogP contribution is -2.52.